The number of ketones is 1. The number of nitro groups is 1. The summed E-state index contributed by atoms with van der Waals surface area (Å²) in [6.45, 7) is 0.809. The van der Waals surface area contributed by atoms with Crippen molar-refractivity contribution in [3.8, 4) is 0 Å². The zero-order valence-corrected chi connectivity index (χ0v) is 9.24. The Kier molecular flexibility index (Phi) is 4.30. The molecule has 0 amide bonds. The lowest BCUT2D eigenvalue weighted by Gasteiger charge is -2.18. The molecule has 0 fully saturated rings. The Morgan fingerprint density at radius 2 is 1.94 bits per heavy atom. The number of aliphatic hydroxyl groups excluding tert-OH is 2. The Balaban J connectivity index is 2.92. The van der Waals surface area contributed by atoms with E-state index in [1.807, 2.05) is 0 Å². The van der Waals surface area contributed by atoms with Crippen LogP contribution in [-0.2, 0) is 4.79 Å². The van der Waals surface area contributed by atoms with Crippen molar-refractivity contribution in [1.29, 1.82) is 0 Å². The van der Waals surface area contributed by atoms with Crippen molar-refractivity contribution in [2.45, 2.75) is 13.0 Å². The highest BCUT2D eigenvalue weighted by Crippen LogP contribution is 2.24. The third-order valence-corrected chi connectivity index (χ3v) is 2.55. The zero-order chi connectivity index (χ0) is 13.0. The molecule has 1 aromatic rings. The molecule has 1 aromatic carbocycles. The van der Waals surface area contributed by atoms with Gasteiger partial charge in [-0.25, -0.2) is 0 Å². The Bertz CT molecular complexity index is 414. The van der Waals surface area contributed by atoms with Crippen LogP contribution < -0.4 is 0 Å². The monoisotopic (exact) mass is 239 g/mol. The summed E-state index contributed by atoms with van der Waals surface area (Å²) in [5, 5.41) is 29.2. The Labute approximate surface area is 97.7 Å². The minimum atomic E-state index is -1.15. The molecule has 0 aromatic heterocycles. The summed E-state index contributed by atoms with van der Waals surface area (Å²) in [7, 11) is 0. The van der Waals surface area contributed by atoms with E-state index in [1.54, 1.807) is 0 Å². The molecule has 0 aliphatic carbocycles. The van der Waals surface area contributed by atoms with Crippen molar-refractivity contribution in [3.63, 3.8) is 0 Å². The predicted octanol–water partition coefficient (Wildman–Crippen LogP) is 0.826. The Morgan fingerprint density at radius 3 is 2.29 bits per heavy atom. The standard InChI is InChI=1S/C11H13NO5/c1-7(14)10(6-13)11(15)8-2-4-9(5-3-8)12(16)17/h2-5,10-11,13,15H,6H2,1H3. The molecule has 6 heteroatoms. The second-order valence-electron chi connectivity index (χ2n) is 3.69. The van der Waals surface area contributed by atoms with Crippen LogP contribution in [0.5, 0.6) is 0 Å². The maximum atomic E-state index is 11.1. The van der Waals surface area contributed by atoms with E-state index in [2.05, 4.69) is 0 Å². The molecule has 2 atom stereocenters. The van der Waals surface area contributed by atoms with Crippen LogP contribution in [0, 0.1) is 16.0 Å². The lowest BCUT2D eigenvalue weighted by Crippen LogP contribution is -2.23. The molecule has 0 bridgehead atoms. The first-order valence-corrected chi connectivity index (χ1v) is 5.01. The third-order valence-electron chi connectivity index (χ3n) is 2.55. The normalized spacial score (nSPS) is 14.1. The molecule has 6 nitrogen and oxygen atoms in total. The van der Waals surface area contributed by atoms with E-state index in [0.717, 1.165) is 0 Å². The number of nitro benzene ring substituents is 1. The van der Waals surface area contributed by atoms with Crippen molar-refractivity contribution in [3.05, 3.63) is 39.9 Å². The maximum absolute atomic E-state index is 11.1. The van der Waals surface area contributed by atoms with Crippen LogP contribution >= 0.6 is 0 Å². The molecule has 0 radical (unpaired) electrons. The topological polar surface area (TPSA) is 101 Å². The molecule has 0 spiro atoms. The summed E-state index contributed by atoms with van der Waals surface area (Å²) in [5.41, 5.74) is 0.272. The van der Waals surface area contributed by atoms with Gasteiger partial charge in [0.1, 0.15) is 5.78 Å². The van der Waals surface area contributed by atoms with Gasteiger partial charge in [0.25, 0.3) is 5.69 Å². The van der Waals surface area contributed by atoms with Crippen LogP contribution in [0.1, 0.15) is 18.6 Å². The van der Waals surface area contributed by atoms with Gasteiger partial charge < -0.3 is 10.2 Å². The van der Waals surface area contributed by atoms with Gasteiger partial charge in [0.05, 0.1) is 23.6 Å². The largest absolute Gasteiger partial charge is 0.396 e. The first-order chi connectivity index (χ1) is 7.97. The zero-order valence-electron chi connectivity index (χ0n) is 9.24. The van der Waals surface area contributed by atoms with Crippen LogP contribution in [0.25, 0.3) is 0 Å². The number of benzene rings is 1. The highest BCUT2D eigenvalue weighted by atomic mass is 16.6. The number of non-ortho nitro benzene ring substituents is 1. The van der Waals surface area contributed by atoms with E-state index in [1.165, 1.54) is 31.2 Å². The molecule has 0 heterocycles. The fraction of sp³-hybridized carbons (Fsp3) is 0.364. The van der Waals surface area contributed by atoms with Gasteiger partial charge in [-0.2, -0.15) is 0 Å². The van der Waals surface area contributed by atoms with Gasteiger partial charge >= 0.3 is 0 Å². The van der Waals surface area contributed by atoms with Gasteiger partial charge in [-0.05, 0) is 24.6 Å². The van der Waals surface area contributed by atoms with E-state index in [0.29, 0.717) is 5.56 Å². The maximum Gasteiger partial charge on any atom is 0.269 e. The van der Waals surface area contributed by atoms with Crippen LogP contribution in [0.2, 0.25) is 0 Å². The molecule has 17 heavy (non-hydrogen) atoms. The summed E-state index contributed by atoms with van der Waals surface area (Å²) in [6, 6.07) is 5.23. The smallest absolute Gasteiger partial charge is 0.269 e. The minimum Gasteiger partial charge on any atom is -0.396 e. The fourth-order valence-corrected chi connectivity index (χ4v) is 1.48. The number of rotatable bonds is 5. The van der Waals surface area contributed by atoms with E-state index in [4.69, 9.17) is 5.11 Å². The van der Waals surface area contributed by atoms with Crippen molar-refractivity contribution in [1.82, 2.24) is 0 Å². The summed E-state index contributed by atoms with van der Waals surface area (Å²) in [5.74, 6) is -1.24. The third kappa shape index (κ3) is 3.08. The van der Waals surface area contributed by atoms with Crippen LogP contribution in [-0.4, -0.2) is 27.5 Å². The quantitative estimate of drug-likeness (QED) is 0.585. The van der Waals surface area contributed by atoms with E-state index < -0.39 is 23.6 Å². The van der Waals surface area contributed by atoms with Gasteiger partial charge in [0.2, 0.25) is 0 Å². The molecule has 2 unspecified atom stereocenters. The molecular formula is C11H13NO5. The summed E-state index contributed by atoms with van der Waals surface area (Å²) in [6.07, 6.45) is -1.15. The number of Topliss-reactive ketones (excluding diaryl/α,β-unsaturated/α-hetero) is 1. The van der Waals surface area contributed by atoms with Crippen LogP contribution in [0.4, 0.5) is 5.69 Å². The van der Waals surface area contributed by atoms with Crippen molar-refractivity contribution in [2.75, 3.05) is 6.61 Å². The van der Waals surface area contributed by atoms with E-state index in [9.17, 15) is 20.0 Å². The number of hydrogen-bond donors (Lipinski definition) is 2. The Hall–Kier alpha value is -1.79. The van der Waals surface area contributed by atoms with Crippen molar-refractivity contribution < 1.29 is 19.9 Å². The fourth-order valence-electron chi connectivity index (χ4n) is 1.48. The van der Waals surface area contributed by atoms with Gasteiger partial charge in [0, 0.05) is 12.1 Å². The molecule has 0 aliphatic heterocycles. The highest BCUT2D eigenvalue weighted by molar-refractivity contribution is 5.79. The van der Waals surface area contributed by atoms with Crippen molar-refractivity contribution in [2.24, 2.45) is 5.92 Å². The summed E-state index contributed by atoms with van der Waals surface area (Å²) < 4.78 is 0. The molecule has 0 saturated heterocycles. The predicted molar refractivity (Wildman–Crippen MR) is 59.3 cm³/mol. The summed E-state index contributed by atoms with van der Waals surface area (Å²) in [4.78, 5) is 21.0. The number of hydrogen-bond acceptors (Lipinski definition) is 5. The first-order valence-electron chi connectivity index (χ1n) is 5.01. The number of nitrogens with zero attached hydrogens (tertiary/aromatic N) is 1. The minimum absolute atomic E-state index is 0.0932. The first kappa shape index (κ1) is 13.3. The Morgan fingerprint density at radius 1 is 1.41 bits per heavy atom. The summed E-state index contributed by atoms with van der Waals surface area (Å²) >= 11 is 0. The van der Waals surface area contributed by atoms with Gasteiger partial charge in [0.15, 0.2) is 0 Å². The number of carbonyl (C=O) groups is 1. The molecule has 2 N–H and O–H groups in total. The molecular weight excluding hydrogens is 226 g/mol. The van der Waals surface area contributed by atoms with Gasteiger partial charge in [-0.1, -0.05) is 0 Å². The molecule has 92 valence electrons. The van der Waals surface area contributed by atoms with Gasteiger partial charge in [-0.15, -0.1) is 0 Å². The van der Waals surface area contributed by atoms with E-state index >= 15 is 0 Å². The number of aliphatic hydroxyl groups is 2. The average molecular weight is 239 g/mol. The van der Waals surface area contributed by atoms with Crippen LogP contribution in [0.15, 0.2) is 24.3 Å². The highest BCUT2D eigenvalue weighted by Gasteiger charge is 2.24. The molecule has 0 aliphatic rings. The molecule has 0 saturated carbocycles. The lowest BCUT2D eigenvalue weighted by atomic mass is 9.93. The second-order valence-corrected chi connectivity index (χ2v) is 3.69. The van der Waals surface area contributed by atoms with Crippen molar-refractivity contribution >= 4 is 11.5 Å². The number of carbonyl (C=O) groups excluding carboxylic acids is 1. The van der Waals surface area contributed by atoms with E-state index in [-0.39, 0.29) is 11.5 Å². The van der Waals surface area contributed by atoms with Gasteiger partial charge in [-0.3, -0.25) is 14.9 Å². The average Bonchev–Trinajstić information content (AvgIpc) is 2.29. The SMILES string of the molecule is CC(=O)C(CO)C(O)c1ccc([N+](=O)[O-])cc1. The second kappa shape index (κ2) is 5.51. The van der Waals surface area contributed by atoms with Crippen LogP contribution in [0.3, 0.4) is 0 Å². The molecule has 1 rings (SSSR count). The lowest BCUT2D eigenvalue weighted by molar-refractivity contribution is -0.384.